The molecule has 1 aliphatic heterocycles. The molecular formula is C18H17N3O4. The lowest BCUT2D eigenvalue weighted by molar-refractivity contribution is -0.385. The van der Waals surface area contributed by atoms with E-state index in [9.17, 15) is 19.7 Å². The summed E-state index contributed by atoms with van der Waals surface area (Å²) >= 11 is 0. The monoisotopic (exact) mass is 339 g/mol. The second-order valence-electron chi connectivity index (χ2n) is 5.86. The molecule has 3 rings (SSSR count). The summed E-state index contributed by atoms with van der Waals surface area (Å²) < 4.78 is 0. The second kappa shape index (κ2) is 6.72. The molecule has 2 aromatic carbocycles. The van der Waals surface area contributed by atoms with E-state index in [-0.39, 0.29) is 17.5 Å². The summed E-state index contributed by atoms with van der Waals surface area (Å²) in [7, 11) is 0. The molecule has 2 amide bonds. The summed E-state index contributed by atoms with van der Waals surface area (Å²) in [4.78, 5) is 36.6. The van der Waals surface area contributed by atoms with Gasteiger partial charge in [-0.05, 0) is 37.6 Å². The molecule has 0 spiro atoms. The predicted molar refractivity (Wildman–Crippen MR) is 93.8 cm³/mol. The minimum Gasteiger partial charge on any atom is -0.321 e. The van der Waals surface area contributed by atoms with Gasteiger partial charge in [-0.15, -0.1) is 0 Å². The van der Waals surface area contributed by atoms with Crippen molar-refractivity contribution >= 4 is 28.9 Å². The summed E-state index contributed by atoms with van der Waals surface area (Å²) in [5, 5.41) is 13.7. The number of carbonyl (C=O) groups excluding carboxylic acids is 2. The zero-order valence-electron chi connectivity index (χ0n) is 13.7. The van der Waals surface area contributed by atoms with Crippen LogP contribution in [-0.2, 0) is 4.79 Å². The lowest BCUT2D eigenvalue weighted by Crippen LogP contribution is -2.24. The number of benzene rings is 2. The van der Waals surface area contributed by atoms with E-state index in [1.54, 1.807) is 42.2 Å². The Morgan fingerprint density at radius 1 is 1.24 bits per heavy atom. The number of nitro groups is 1. The molecule has 1 aliphatic rings. The van der Waals surface area contributed by atoms with Gasteiger partial charge in [-0.2, -0.15) is 0 Å². The molecule has 2 aromatic rings. The SMILES string of the molecule is Cc1c(NC(=O)c2cccc(N3CCCC3=O)c2)cccc1[N+](=O)[O-]. The van der Waals surface area contributed by atoms with E-state index in [2.05, 4.69) is 5.32 Å². The van der Waals surface area contributed by atoms with Crippen molar-refractivity contribution in [1.82, 2.24) is 0 Å². The maximum Gasteiger partial charge on any atom is 0.274 e. The highest BCUT2D eigenvalue weighted by molar-refractivity contribution is 6.06. The van der Waals surface area contributed by atoms with Gasteiger partial charge in [0.2, 0.25) is 5.91 Å². The fraction of sp³-hybridized carbons (Fsp3) is 0.222. The summed E-state index contributed by atoms with van der Waals surface area (Å²) in [6.45, 7) is 2.24. The molecule has 7 heteroatoms. The van der Waals surface area contributed by atoms with Crippen molar-refractivity contribution in [3.63, 3.8) is 0 Å². The predicted octanol–water partition coefficient (Wildman–Crippen LogP) is 3.28. The molecule has 128 valence electrons. The first-order valence-corrected chi connectivity index (χ1v) is 7.93. The zero-order chi connectivity index (χ0) is 18.0. The fourth-order valence-electron chi connectivity index (χ4n) is 2.89. The number of nitro benzene ring substituents is 1. The van der Waals surface area contributed by atoms with Crippen LogP contribution in [0.5, 0.6) is 0 Å². The average molecular weight is 339 g/mol. The van der Waals surface area contributed by atoms with Crippen molar-refractivity contribution in [2.24, 2.45) is 0 Å². The molecule has 0 radical (unpaired) electrons. The van der Waals surface area contributed by atoms with E-state index in [4.69, 9.17) is 0 Å². The molecule has 0 aliphatic carbocycles. The van der Waals surface area contributed by atoms with Crippen molar-refractivity contribution in [2.75, 3.05) is 16.8 Å². The van der Waals surface area contributed by atoms with Gasteiger partial charge in [-0.3, -0.25) is 19.7 Å². The van der Waals surface area contributed by atoms with Crippen LogP contribution in [0.3, 0.4) is 0 Å². The van der Waals surface area contributed by atoms with E-state index < -0.39 is 4.92 Å². The number of nitrogens with one attached hydrogen (secondary N) is 1. The average Bonchev–Trinajstić information content (AvgIpc) is 3.02. The van der Waals surface area contributed by atoms with Gasteiger partial charge in [0.05, 0.1) is 16.2 Å². The molecule has 0 unspecified atom stereocenters. The van der Waals surface area contributed by atoms with Gasteiger partial charge in [0, 0.05) is 30.3 Å². The minimum atomic E-state index is -0.482. The Kier molecular flexibility index (Phi) is 4.47. The highest BCUT2D eigenvalue weighted by Crippen LogP contribution is 2.26. The van der Waals surface area contributed by atoms with Crippen molar-refractivity contribution < 1.29 is 14.5 Å². The third-order valence-corrected chi connectivity index (χ3v) is 4.24. The molecular weight excluding hydrogens is 322 g/mol. The van der Waals surface area contributed by atoms with Gasteiger partial charge in [0.15, 0.2) is 0 Å². The van der Waals surface area contributed by atoms with Crippen LogP contribution in [0, 0.1) is 17.0 Å². The maximum absolute atomic E-state index is 12.5. The van der Waals surface area contributed by atoms with Crippen molar-refractivity contribution in [3.8, 4) is 0 Å². The quantitative estimate of drug-likeness (QED) is 0.683. The first-order valence-electron chi connectivity index (χ1n) is 7.93. The van der Waals surface area contributed by atoms with Crippen molar-refractivity contribution in [3.05, 3.63) is 63.7 Å². The Morgan fingerprint density at radius 2 is 2.00 bits per heavy atom. The normalized spacial score (nSPS) is 13.8. The molecule has 1 saturated heterocycles. The third-order valence-electron chi connectivity index (χ3n) is 4.24. The van der Waals surface area contributed by atoms with Gasteiger partial charge in [-0.25, -0.2) is 0 Å². The largest absolute Gasteiger partial charge is 0.321 e. The number of hydrogen-bond acceptors (Lipinski definition) is 4. The lowest BCUT2D eigenvalue weighted by Gasteiger charge is -2.16. The molecule has 0 bridgehead atoms. The number of amides is 2. The van der Waals surface area contributed by atoms with Gasteiger partial charge < -0.3 is 10.2 Å². The van der Waals surface area contributed by atoms with Gasteiger partial charge >= 0.3 is 0 Å². The Labute approximate surface area is 144 Å². The van der Waals surface area contributed by atoms with Crippen LogP contribution < -0.4 is 10.2 Å². The van der Waals surface area contributed by atoms with E-state index in [0.717, 1.165) is 6.42 Å². The molecule has 0 saturated carbocycles. The summed E-state index contributed by atoms with van der Waals surface area (Å²) in [6, 6.07) is 11.4. The molecule has 1 heterocycles. The lowest BCUT2D eigenvalue weighted by atomic mass is 10.1. The standard InChI is InChI=1S/C18H17N3O4/c1-12-15(7-3-8-16(12)21(24)25)19-18(23)13-5-2-6-14(11-13)20-10-4-9-17(20)22/h2-3,5-8,11H,4,9-10H2,1H3,(H,19,23). The van der Waals surface area contributed by atoms with Gasteiger partial charge in [0.25, 0.3) is 11.6 Å². The topological polar surface area (TPSA) is 92.6 Å². The molecule has 1 fully saturated rings. The number of nitrogens with zero attached hydrogens (tertiary/aromatic N) is 2. The molecule has 0 aromatic heterocycles. The Morgan fingerprint density at radius 3 is 2.68 bits per heavy atom. The minimum absolute atomic E-state index is 0.0470. The Hall–Kier alpha value is -3.22. The van der Waals surface area contributed by atoms with Gasteiger partial charge in [0.1, 0.15) is 0 Å². The van der Waals surface area contributed by atoms with Crippen LogP contribution in [0.25, 0.3) is 0 Å². The van der Waals surface area contributed by atoms with Crippen molar-refractivity contribution in [2.45, 2.75) is 19.8 Å². The van der Waals surface area contributed by atoms with Gasteiger partial charge in [-0.1, -0.05) is 12.1 Å². The third kappa shape index (κ3) is 3.35. The molecule has 25 heavy (non-hydrogen) atoms. The number of anilines is 2. The van der Waals surface area contributed by atoms with Crippen LogP contribution in [0.2, 0.25) is 0 Å². The summed E-state index contributed by atoms with van der Waals surface area (Å²) in [6.07, 6.45) is 1.32. The highest BCUT2D eigenvalue weighted by Gasteiger charge is 2.22. The zero-order valence-corrected chi connectivity index (χ0v) is 13.7. The van der Waals surface area contributed by atoms with Crippen LogP contribution in [0.1, 0.15) is 28.8 Å². The molecule has 1 N–H and O–H groups in total. The Bertz CT molecular complexity index is 863. The number of rotatable bonds is 4. The first-order chi connectivity index (χ1) is 12.0. The molecule has 7 nitrogen and oxygen atoms in total. The maximum atomic E-state index is 12.5. The van der Waals surface area contributed by atoms with E-state index in [1.807, 2.05) is 0 Å². The van der Waals surface area contributed by atoms with E-state index >= 15 is 0 Å². The second-order valence-corrected chi connectivity index (χ2v) is 5.86. The summed E-state index contributed by atoms with van der Waals surface area (Å²) in [5.41, 5.74) is 1.82. The summed E-state index contributed by atoms with van der Waals surface area (Å²) in [5.74, 6) is -0.329. The first kappa shape index (κ1) is 16.6. The van der Waals surface area contributed by atoms with Crippen LogP contribution in [0.4, 0.5) is 17.1 Å². The Balaban J connectivity index is 1.84. The van der Waals surface area contributed by atoms with Crippen molar-refractivity contribution in [1.29, 1.82) is 0 Å². The van der Waals surface area contributed by atoms with E-state index in [0.29, 0.717) is 35.5 Å². The number of carbonyl (C=O) groups is 2. The highest BCUT2D eigenvalue weighted by atomic mass is 16.6. The van der Waals surface area contributed by atoms with Crippen LogP contribution in [0.15, 0.2) is 42.5 Å². The fourth-order valence-corrected chi connectivity index (χ4v) is 2.89. The van der Waals surface area contributed by atoms with E-state index in [1.165, 1.54) is 12.1 Å². The molecule has 0 atom stereocenters. The van der Waals surface area contributed by atoms with Crippen LogP contribution >= 0.6 is 0 Å². The van der Waals surface area contributed by atoms with Crippen LogP contribution in [-0.4, -0.2) is 23.3 Å². The number of hydrogen-bond donors (Lipinski definition) is 1. The smallest absolute Gasteiger partial charge is 0.274 e.